The van der Waals surface area contributed by atoms with Crippen molar-refractivity contribution in [2.24, 2.45) is 12.0 Å². The molecule has 1 aliphatic rings. The molecule has 0 amide bonds. The molecular formula is C22H30N8S. The minimum Gasteiger partial charge on any atom is -0.356 e. The molecule has 0 unspecified atom stereocenters. The highest BCUT2D eigenvalue weighted by Crippen LogP contribution is 2.17. The van der Waals surface area contributed by atoms with E-state index in [1.54, 1.807) is 11.3 Å². The topological polar surface area (TPSA) is 83.3 Å². The highest BCUT2D eigenvalue weighted by Gasteiger charge is 2.21. The van der Waals surface area contributed by atoms with Crippen LogP contribution in [0, 0.1) is 6.92 Å². The molecule has 0 spiro atoms. The van der Waals surface area contributed by atoms with Crippen molar-refractivity contribution in [3.05, 3.63) is 58.4 Å². The van der Waals surface area contributed by atoms with Crippen LogP contribution in [0.1, 0.15) is 29.4 Å². The van der Waals surface area contributed by atoms with Gasteiger partial charge in [-0.2, -0.15) is 0 Å². The highest BCUT2D eigenvalue weighted by molar-refractivity contribution is 7.09. The monoisotopic (exact) mass is 438 g/mol. The molecule has 4 heterocycles. The summed E-state index contributed by atoms with van der Waals surface area (Å²) < 4.78 is 1.98. The summed E-state index contributed by atoms with van der Waals surface area (Å²) in [6.45, 7) is 5.27. The van der Waals surface area contributed by atoms with E-state index in [2.05, 4.69) is 54.3 Å². The molecule has 0 aromatic carbocycles. The first-order valence-corrected chi connectivity index (χ1v) is 11.6. The van der Waals surface area contributed by atoms with Gasteiger partial charge in [0.1, 0.15) is 18.2 Å². The summed E-state index contributed by atoms with van der Waals surface area (Å²) in [5.41, 5.74) is 0. The van der Waals surface area contributed by atoms with Crippen molar-refractivity contribution < 1.29 is 0 Å². The average Bonchev–Trinajstić information content (AvgIpc) is 3.43. The van der Waals surface area contributed by atoms with Gasteiger partial charge < -0.3 is 20.1 Å². The summed E-state index contributed by atoms with van der Waals surface area (Å²) >= 11 is 1.79. The SMILES string of the molecule is Cc1nnc(CN=C(NCCc2cccs2)NC2CCN(c3ccccn3)CC2)n1C. The molecule has 3 aromatic rings. The normalized spacial score (nSPS) is 15.3. The van der Waals surface area contributed by atoms with E-state index in [0.29, 0.717) is 12.6 Å². The van der Waals surface area contributed by atoms with E-state index in [0.717, 1.165) is 62.3 Å². The molecule has 31 heavy (non-hydrogen) atoms. The van der Waals surface area contributed by atoms with Crippen molar-refractivity contribution in [1.82, 2.24) is 30.4 Å². The van der Waals surface area contributed by atoms with Gasteiger partial charge in [-0.05, 0) is 49.8 Å². The van der Waals surface area contributed by atoms with Gasteiger partial charge in [0.15, 0.2) is 11.8 Å². The van der Waals surface area contributed by atoms with Crippen LogP contribution in [0.25, 0.3) is 0 Å². The lowest BCUT2D eigenvalue weighted by atomic mass is 10.1. The van der Waals surface area contributed by atoms with Gasteiger partial charge in [0.2, 0.25) is 0 Å². The zero-order valence-electron chi connectivity index (χ0n) is 18.2. The fourth-order valence-electron chi connectivity index (χ4n) is 3.64. The fraction of sp³-hybridized carbons (Fsp3) is 0.455. The van der Waals surface area contributed by atoms with E-state index >= 15 is 0 Å². The molecule has 0 atom stereocenters. The summed E-state index contributed by atoms with van der Waals surface area (Å²) in [4.78, 5) is 13.0. The van der Waals surface area contributed by atoms with Crippen LogP contribution < -0.4 is 15.5 Å². The predicted molar refractivity (Wildman–Crippen MR) is 126 cm³/mol. The van der Waals surface area contributed by atoms with Crippen molar-refractivity contribution in [3.63, 3.8) is 0 Å². The lowest BCUT2D eigenvalue weighted by Gasteiger charge is -2.33. The van der Waals surface area contributed by atoms with Crippen LogP contribution in [0.15, 0.2) is 46.9 Å². The van der Waals surface area contributed by atoms with Crippen molar-refractivity contribution in [2.75, 3.05) is 24.5 Å². The second-order valence-corrected chi connectivity index (χ2v) is 8.77. The van der Waals surface area contributed by atoms with E-state index in [9.17, 15) is 0 Å². The highest BCUT2D eigenvalue weighted by atomic mass is 32.1. The molecule has 164 valence electrons. The quantitative estimate of drug-likeness (QED) is 0.436. The Kier molecular flexibility index (Phi) is 7.14. The van der Waals surface area contributed by atoms with Crippen LogP contribution in [-0.2, 0) is 20.0 Å². The number of guanidine groups is 1. The van der Waals surface area contributed by atoms with Crippen LogP contribution in [0.5, 0.6) is 0 Å². The van der Waals surface area contributed by atoms with Gasteiger partial charge in [-0.25, -0.2) is 9.98 Å². The van der Waals surface area contributed by atoms with Crippen LogP contribution in [0.4, 0.5) is 5.82 Å². The Morgan fingerprint density at radius 1 is 1.19 bits per heavy atom. The summed E-state index contributed by atoms with van der Waals surface area (Å²) in [7, 11) is 1.98. The molecule has 4 rings (SSSR count). The molecule has 0 saturated carbocycles. The molecule has 0 radical (unpaired) electrons. The molecule has 1 aliphatic heterocycles. The minimum absolute atomic E-state index is 0.384. The number of pyridine rings is 1. The fourth-order valence-corrected chi connectivity index (χ4v) is 4.35. The molecule has 1 fully saturated rings. The number of nitrogens with zero attached hydrogens (tertiary/aromatic N) is 6. The van der Waals surface area contributed by atoms with Gasteiger partial charge in [-0.1, -0.05) is 12.1 Å². The molecule has 1 saturated heterocycles. The third kappa shape index (κ3) is 5.81. The summed E-state index contributed by atoms with van der Waals surface area (Å²) in [6.07, 6.45) is 4.94. The third-order valence-electron chi connectivity index (χ3n) is 5.61. The van der Waals surface area contributed by atoms with E-state index in [1.165, 1.54) is 4.88 Å². The number of hydrogen-bond acceptors (Lipinski definition) is 6. The van der Waals surface area contributed by atoms with Crippen molar-refractivity contribution in [3.8, 4) is 0 Å². The van der Waals surface area contributed by atoms with Gasteiger partial charge in [-0.3, -0.25) is 0 Å². The lowest BCUT2D eigenvalue weighted by molar-refractivity contribution is 0.459. The maximum absolute atomic E-state index is 4.81. The smallest absolute Gasteiger partial charge is 0.191 e. The average molecular weight is 439 g/mol. The summed E-state index contributed by atoms with van der Waals surface area (Å²) in [5, 5.41) is 17.6. The Labute approximate surface area is 187 Å². The number of anilines is 1. The minimum atomic E-state index is 0.384. The number of nitrogens with one attached hydrogen (secondary N) is 2. The zero-order chi connectivity index (χ0) is 21.5. The van der Waals surface area contributed by atoms with E-state index in [4.69, 9.17) is 4.99 Å². The predicted octanol–water partition coefficient (Wildman–Crippen LogP) is 2.53. The number of aromatic nitrogens is 4. The molecule has 0 bridgehead atoms. The first-order chi connectivity index (χ1) is 15.2. The number of rotatable bonds is 7. The molecule has 9 heteroatoms. The summed E-state index contributed by atoms with van der Waals surface area (Å²) in [5.74, 6) is 3.66. The van der Waals surface area contributed by atoms with Crippen molar-refractivity contribution >= 4 is 23.1 Å². The number of aryl methyl sites for hydroxylation is 1. The Morgan fingerprint density at radius 3 is 2.74 bits per heavy atom. The number of thiophene rings is 1. The number of aliphatic imine (C=N–C) groups is 1. The molecule has 8 nitrogen and oxygen atoms in total. The third-order valence-corrected chi connectivity index (χ3v) is 6.55. The zero-order valence-corrected chi connectivity index (χ0v) is 19.0. The Hall–Kier alpha value is -2.94. The lowest BCUT2D eigenvalue weighted by Crippen LogP contribution is -2.49. The van der Waals surface area contributed by atoms with Crippen LogP contribution >= 0.6 is 11.3 Å². The van der Waals surface area contributed by atoms with E-state index in [-0.39, 0.29) is 0 Å². The first kappa shape index (κ1) is 21.3. The second kappa shape index (κ2) is 10.4. The van der Waals surface area contributed by atoms with Gasteiger partial charge in [0, 0.05) is 43.8 Å². The van der Waals surface area contributed by atoms with Gasteiger partial charge in [-0.15, -0.1) is 21.5 Å². The Morgan fingerprint density at radius 2 is 2.06 bits per heavy atom. The van der Waals surface area contributed by atoms with Crippen molar-refractivity contribution in [1.29, 1.82) is 0 Å². The molecule has 0 aliphatic carbocycles. The molecular weight excluding hydrogens is 408 g/mol. The van der Waals surface area contributed by atoms with E-state index in [1.807, 2.05) is 36.9 Å². The number of hydrogen-bond donors (Lipinski definition) is 2. The Balaban J connectivity index is 1.35. The number of piperidine rings is 1. The Bertz CT molecular complexity index is 959. The van der Waals surface area contributed by atoms with Crippen LogP contribution in [0.2, 0.25) is 0 Å². The maximum atomic E-state index is 4.81. The second-order valence-electron chi connectivity index (χ2n) is 7.74. The molecule has 3 aromatic heterocycles. The van der Waals surface area contributed by atoms with Gasteiger partial charge in [0.05, 0.1) is 0 Å². The van der Waals surface area contributed by atoms with Gasteiger partial charge in [0.25, 0.3) is 0 Å². The largest absolute Gasteiger partial charge is 0.356 e. The van der Waals surface area contributed by atoms with E-state index < -0.39 is 0 Å². The van der Waals surface area contributed by atoms with Crippen LogP contribution in [-0.4, -0.2) is 51.4 Å². The molecule has 2 N–H and O–H groups in total. The standard InChI is InChI=1S/C22H30N8S/c1-17-27-28-21(29(17)2)16-25-22(24-12-8-19-6-5-15-31-19)26-18-9-13-30(14-10-18)20-7-3-4-11-23-20/h3-7,11,15,18H,8-10,12-14,16H2,1-2H3,(H2,24,25,26). The first-order valence-electron chi connectivity index (χ1n) is 10.8. The maximum Gasteiger partial charge on any atom is 0.191 e. The summed E-state index contributed by atoms with van der Waals surface area (Å²) in [6, 6.07) is 10.7. The van der Waals surface area contributed by atoms with Gasteiger partial charge >= 0.3 is 0 Å². The van der Waals surface area contributed by atoms with Crippen molar-refractivity contribution in [2.45, 2.75) is 38.8 Å². The van der Waals surface area contributed by atoms with Crippen LogP contribution in [0.3, 0.4) is 0 Å².